The van der Waals surface area contributed by atoms with Crippen LogP contribution in [0.15, 0.2) is 67.5 Å². The molecule has 5 heteroatoms. The van der Waals surface area contributed by atoms with E-state index in [1.165, 1.54) is 0 Å². The van der Waals surface area contributed by atoms with Gasteiger partial charge < -0.3 is 15.0 Å². The third kappa shape index (κ3) is 5.77. The largest absolute Gasteiger partial charge is 0.444 e. The molecule has 0 aliphatic heterocycles. The molecule has 1 heterocycles. The molecular formula is C29H35N3O2. The Balaban J connectivity index is 1.47. The molecule has 0 saturated heterocycles. The molecule has 1 saturated carbocycles. The summed E-state index contributed by atoms with van der Waals surface area (Å²) in [6.45, 7) is 10.3. The highest BCUT2D eigenvalue weighted by Gasteiger charge is 2.32. The molecule has 5 nitrogen and oxygen atoms in total. The lowest BCUT2D eigenvalue weighted by Gasteiger charge is -2.38. The number of pyridine rings is 1. The van der Waals surface area contributed by atoms with E-state index < -0.39 is 5.60 Å². The fraction of sp³-hybridized carbons (Fsp3) is 0.379. The second kappa shape index (κ2) is 10.3. The lowest BCUT2D eigenvalue weighted by atomic mass is 9.89. The smallest absolute Gasteiger partial charge is 0.410 e. The molecule has 0 bridgehead atoms. The second-order valence-electron chi connectivity index (χ2n) is 10.1. The van der Waals surface area contributed by atoms with E-state index in [1.54, 1.807) is 0 Å². The summed E-state index contributed by atoms with van der Waals surface area (Å²) in [7, 11) is 0. The highest BCUT2D eigenvalue weighted by atomic mass is 16.6. The third-order valence-electron chi connectivity index (χ3n) is 6.35. The molecule has 1 aromatic heterocycles. The van der Waals surface area contributed by atoms with Crippen molar-refractivity contribution >= 4 is 28.6 Å². The lowest BCUT2D eigenvalue weighted by Crippen LogP contribution is -2.45. The molecule has 1 aliphatic carbocycles. The number of hydrogen-bond donors (Lipinski definition) is 1. The van der Waals surface area contributed by atoms with E-state index in [-0.39, 0.29) is 12.1 Å². The zero-order valence-corrected chi connectivity index (χ0v) is 20.5. The molecule has 0 unspecified atom stereocenters. The second-order valence-corrected chi connectivity index (χ2v) is 10.1. The Morgan fingerprint density at radius 3 is 2.50 bits per heavy atom. The van der Waals surface area contributed by atoms with Crippen molar-refractivity contribution < 1.29 is 9.53 Å². The van der Waals surface area contributed by atoms with Crippen LogP contribution in [0.5, 0.6) is 0 Å². The van der Waals surface area contributed by atoms with Gasteiger partial charge in [-0.05, 0) is 58.1 Å². The minimum Gasteiger partial charge on any atom is -0.444 e. The number of nitrogens with zero attached hydrogens (tertiary/aromatic N) is 2. The lowest BCUT2D eigenvalue weighted by molar-refractivity contribution is 0.00952. The van der Waals surface area contributed by atoms with Crippen molar-refractivity contribution in [1.82, 2.24) is 9.88 Å². The average molecular weight is 458 g/mol. The fourth-order valence-corrected chi connectivity index (χ4v) is 4.73. The summed E-state index contributed by atoms with van der Waals surface area (Å²) in [6, 6.07) is 17.0. The van der Waals surface area contributed by atoms with Gasteiger partial charge in [0.2, 0.25) is 0 Å². The summed E-state index contributed by atoms with van der Waals surface area (Å²) >= 11 is 0. The maximum atomic E-state index is 13.1. The van der Waals surface area contributed by atoms with Crippen molar-refractivity contribution in [2.45, 2.75) is 70.7 Å². The van der Waals surface area contributed by atoms with Crippen molar-refractivity contribution in [3.63, 3.8) is 0 Å². The van der Waals surface area contributed by atoms with Crippen molar-refractivity contribution in [1.29, 1.82) is 0 Å². The van der Waals surface area contributed by atoms with Gasteiger partial charge in [-0.1, -0.05) is 55.1 Å². The zero-order valence-electron chi connectivity index (χ0n) is 20.5. The van der Waals surface area contributed by atoms with Crippen LogP contribution in [0, 0.1) is 0 Å². The number of amides is 1. The van der Waals surface area contributed by atoms with Crippen LogP contribution in [0.3, 0.4) is 0 Å². The number of aromatic nitrogens is 1. The minimum atomic E-state index is -0.517. The summed E-state index contributed by atoms with van der Waals surface area (Å²) < 4.78 is 5.78. The first-order valence-corrected chi connectivity index (χ1v) is 12.1. The van der Waals surface area contributed by atoms with Crippen LogP contribution in [0.25, 0.3) is 16.8 Å². The van der Waals surface area contributed by atoms with E-state index in [1.807, 2.05) is 62.3 Å². The summed E-state index contributed by atoms with van der Waals surface area (Å²) in [6.07, 6.45) is 9.23. The predicted octanol–water partition coefficient (Wildman–Crippen LogP) is 7.04. The Hall–Kier alpha value is -3.34. The van der Waals surface area contributed by atoms with Crippen LogP contribution in [0.4, 0.5) is 10.5 Å². The molecule has 0 atom stereocenters. The van der Waals surface area contributed by atoms with E-state index in [2.05, 4.69) is 47.2 Å². The summed E-state index contributed by atoms with van der Waals surface area (Å²) in [4.78, 5) is 19.4. The Morgan fingerprint density at radius 1 is 1.09 bits per heavy atom. The van der Waals surface area contributed by atoms with Crippen molar-refractivity contribution in [2.24, 2.45) is 0 Å². The molecule has 1 amide bonds. The van der Waals surface area contributed by atoms with Crippen LogP contribution in [0.1, 0.15) is 57.6 Å². The number of nitrogens with one attached hydrogen (secondary N) is 1. The molecule has 1 N–H and O–H groups in total. The number of benzene rings is 2. The predicted molar refractivity (Wildman–Crippen MR) is 140 cm³/mol. The average Bonchev–Trinajstić information content (AvgIpc) is 2.82. The molecule has 2 aromatic carbocycles. The van der Waals surface area contributed by atoms with Gasteiger partial charge in [0, 0.05) is 53.0 Å². The molecule has 1 fully saturated rings. The summed E-state index contributed by atoms with van der Waals surface area (Å²) in [5.74, 6) is 0. The first kappa shape index (κ1) is 23.8. The van der Waals surface area contributed by atoms with Gasteiger partial charge in [-0.25, -0.2) is 4.79 Å². The minimum absolute atomic E-state index is 0.161. The van der Waals surface area contributed by atoms with Gasteiger partial charge in [0.1, 0.15) is 5.60 Å². The standard InChI is InChI=1S/C29H35N3O2/c1-5-22-18-30-19-23-12-9-13-26(27(22)23)31-24-14-16-25(17-15-24)32(28(33)34-29(2,3)4)20-21-10-7-6-8-11-21/h5-13,18-19,24-25,31H,1,14-17,20H2,2-4H3. The number of hydrogen-bond acceptors (Lipinski definition) is 4. The van der Waals surface area contributed by atoms with Gasteiger partial charge in [0.05, 0.1) is 0 Å². The van der Waals surface area contributed by atoms with E-state index in [4.69, 9.17) is 4.74 Å². The molecule has 1 aliphatic rings. The van der Waals surface area contributed by atoms with E-state index in [0.29, 0.717) is 12.6 Å². The van der Waals surface area contributed by atoms with Gasteiger partial charge in [0.15, 0.2) is 0 Å². The van der Waals surface area contributed by atoms with Gasteiger partial charge in [-0.15, -0.1) is 0 Å². The molecule has 3 aromatic rings. The van der Waals surface area contributed by atoms with Crippen LogP contribution in [-0.2, 0) is 11.3 Å². The molecule has 0 spiro atoms. The van der Waals surface area contributed by atoms with Crippen LogP contribution in [-0.4, -0.2) is 33.7 Å². The number of carbonyl (C=O) groups is 1. The molecule has 0 radical (unpaired) electrons. The van der Waals surface area contributed by atoms with Crippen LogP contribution < -0.4 is 5.32 Å². The topological polar surface area (TPSA) is 54.5 Å². The van der Waals surface area contributed by atoms with Gasteiger partial charge in [-0.3, -0.25) is 4.98 Å². The molecular weight excluding hydrogens is 422 g/mol. The van der Waals surface area contributed by atoms with Crippen molar-refractivity contribution in [2.75, 3.05) is 5.32 Å². The van der Waals surface area contributed by atoms with Crippen molar-refractivity contribution in [3.05, 3.63) is 78.6 Å². The van der Waals surface area contributed by atoms with Gasteiger partial charge >= 0.3 is 6.09 Å². The first-order chi connectivity index (χ1) is 16.3. The Kier molecular flexibility index (Phi) is 7.20. The number of fused-ring (bicyclic) bond motifs is 1. The van der Waals surface area contributed by atoms with Crippen molar-refractivity contribution in [3.8, 4) is 0 Å². The molecule has 4 rings (SSSR count). The summed E-state index contributed by atoms with van der Waals surface area (Å²) in [5, 5.41) is 6.03. The Labute approximate surface area is 202 Å². The molecule has 34 heavy (non-hydrogen) atoms. The van der Waals surface area contributed by atoms with E-state index in [9.17, 15) is 4.79 Å². The maximum Gasteiger partial charge on any atom is 0.410 e. The van der Waals surface area contributed by atoms with Crippen LogP contribution >= 0.6 is 0 Å². The number of ether oxygens (including phenoxy) is 1. The van der Waals surface area contributed by atoms with E-state index in [0.717, 1.165) is 53.3 Å². The number of rotatable bonds is 6. The normalized spacial score (nSPS) is 18.3. The van der Waals surface area contributed by atoms with Gasteiger partial charge in [0.25, 0.3) is 0 Å². The number of carbonyl (C=O) groups excluding carboxylic acids is 1. The van der Waals surface area contributed by atoms with Crippen LogP contribution in [0.2, 0.25) is 0 Å². The highest BCUT2D eigenvalue weighted by molar-refractivity contribution is 5.99. The Morgan fingerprint density at radius 2 is 1.82 bits per heavy atom. The fourth-order valence-electron chi connectivity index (χ4n) is 4.73. The SMILES string of the molecule is C=Cc1cncc2cccc(NC3CCC(N(Cc4ccccc4)C(=O)OC(C)(C)C)CC3)c12. The van der Waals surface area contributed by atoms with E-state index >= 15 is 0 Å². The monoisotopic (exact) mass is 457 g/mol. The number of anilines is 1. The van der Waals surface area contributed by atoms with Gasteiger partial charge in [-0.2, -0.15) is 0 Å². The quantitative estimate of drug-likeness (QED) is 0.431. The zero-order chi connectivity index (χ0) is 24.1. The highest BCUT2D eigenvalue weighted by Crippen LogP contribution is 2.32. The molecule has 178 valence electrons. The first-order valence-electron chi connectivity index (χ1n) is 12.1. The summed E-state index contributed by atoms with van der Waals surface area (Å²) in [5.41, 5.74) is 2.76. The third-order valence-corrected chi connectivity index (χ3v) is 6.35. The Bertz CT molecular complexity index is 1120. The maximum absolute atomic E-state index is 13.1.